The topological polar surface area (TPSA) is 6.48 Å². The van der Waals surface area contributed by atoms with Gasteiger partial charge in [0, 0.05) is 0 Å². The van der Waals surface area contributed by atoms with Gasteiger partial charge in [0.15, 0.2) is 0 Å². The van der Waals surface area contributed by atoms with E-state index in [2.05, 4.69) is 56.9 Å². The summed E-state index contributed by atoms with van der Waals surface area (Å²) in [6.07, 6.45) is 5.39. The summed E-state index contributed by atoms with van der Waals surface area (Å²) in [6.45, 7) is 2.58. The van der Waals surface area contributed by atoms with Crippen molar-refractivity contribution in [1.29, 1.82) is 0 Å². The first kappa shape index (κ1) is 10.7. The van der Waals surface area contributed by atoms with Gasteiger partial charge in [0.2, 0.25) is 0 Å². The third-order valence-corrected chi connectivity index (χ3v) is 1.77. The zero-order valence-corrected chi connectivity index (χ0v) is 8.33. The Hall–Kier alpha value is -0.275. The van der Waals surface area contributed by atoms with E-state index in [9.17, 15) is 0 Å². The number of hydrogen-bond acceptors (Lipinski definition) is 2. The lowest BCUT2D eigenvalue weighted by Crippen LogP contribution is -2.44. The molecular formula is C8H19BN2. The molecule has 0 spiro atoms. The van der Waals surface area contributed by atoms with Crippen molar-refractivity contribution >= 4 is 6.98 Å². The number of nitrogens with zero attached hydrogens (tertiary/aromatic N) is 2. The Morgan fingerprint density at radius 3 is 1.82 bits per heavy atom. The molecule has 0 aliphatic heterocycles. The molecule has 0 aliphatic rings. The van der Waals surface area contributed by atoms with Crippen LogP contribution in [0.3, 0.4) is 0 Å². The lowest BCUT2D eigenvalue weighted by Gasteiger charge is -2.25. The molecule has 64 valence electrons. The van der Waals surface area contributed by atoms with Crippen LogP contribution in [0.25, 0.3) is 0 Å². The van der Waals surface area contributed by atoms with Crippen LogP contribution in [0.5, 0.6) is 0 Å². The summed E-state index contributed by atoms with van der Waals surface area (Å²) in [5.41, 5.74) is 0. The van der Waals surface area contributed by atoms with Crippen LogP contribution >= 0.6 is 0 Å². The van der Waals surface area contributed by atoms with E-state index < -0.39 is 0 Å². The molecule has 0 atom stereocenters. The van der Waals surface area contributed by atoms with Gasteiger partial charge >= 0.3 is 6.98 Å². The molecule has 0 heterocycles. The maximum atomic E-state index is 2.22. The number of hydrogen-bond donors (Lipinski definition) is 0. The van der Waals surface area contributed by atoms with Crippen molar-refractivity contribution in [3.05, 3.63) is 12.2 Å². The van der Waals surface area contributed by atoms with Crippen LogP contribution in [0, 0.1) is 0 Å². The lowest BCUT2D eigenvalue weighted by atomic mass is 9.69. The Kier molecular flexibility index (Phi) is 5.25. The standard InChI is InChI=1S/C8H19BN2/c1-6-7-8-9(10(2)3)11(4)5/h6-7H,8H2,1-5H3/b7-6+. The molecule has 0 rings (SSSR count). The molecule has 0 aliphatic carbocycles. The van der Waals surface area contributed by atoms with Crippen LogP contribution in [0.4, 0.5) is 0 Å². The highest BCUT2D eigenvalue weighted by atomic mass is 15.2. The molecule has 0 aromatic rings. The first-order chi connectivity index (χ1) is 5.09. The van der Waals surface area contributed by atoms with Crippen molar-refractivity contribution in [2.75, 3.05) is 28.2 Å². The van der Waals surface area contributed by atoms with Crippen LogP contribution in [0.15, 0.2) is 12.2 Å². The number of allylic oxidation sites excluding steroid dienone is 2. The van der Waals surface area contributed by atoms with Crippen molar-refractivity contribution in [2.24, 2.45) is 0 Å². The van der Waals surface area contributed by atoms with E-state index in [4.69, 9.17) is 0 Å². The van der Waals surface area contributed by atoms with E-state index in [1.165, 1.54) is 0 Å². The second-order valence-electron chi connectivity index (χ2n) is 3.21. The SMILES string of the molecule is C/C=C/CB(N(C)C)N(C)C. The van der Waals surface area contributed by atoms with Crippen molar-refractivity contribution in [2.45, 2.75) is 13.2 Å². The van der Waals surface area contributed by atoms with E-state index >= 15 is 0 Å². The zero-order chi connectivity index (χ0) is 8.85. The Bertz CT molecular complexity index is 113. The van der Waals surface area contributed by atoms with Crippen molar-refractivity contribution in [1.82, 2.24) is 9.62 Å². The van der Waals surface area contributed by atoms with Crippen LogP contribution in [0.2, 0.25) is 6.32 Å². The van der Waals surface area contributed by atoms with Gasteiger partial charge in [-0.1, -0.05) is 12.2 Å². The van der Waals surface area contributed by atoms with E-state index in [-0.39, 0.29) is 0 Å². The fourth-order valence-electron chi connectivity index (χ4n) is 1.14. The fraction of sp³-hybridized carbons (Fsp3) is 0.750. The van der Waals surface area contributed by atoms with Crippen LogP contribution < -0.4 is 0 Å². The van der Waals surface area contributed by atoms with Crippen LogP contribution in [-0.2, 0) is 0 Å². The Balaban J connectivity index is 3.89. The average Bonchev–Trinajstić information content (AvgIpc) is 1.87. The molecule has 0 fully saturated rings. The zero-order valence-electron chi connectivity index (χ0n) is 8.33. The third-order valence-electron chi connectivity index (χ3n) is 1.77. The minimum Gasteiger partial charge on any atom is -0.334 e. The lowest BCUT2D eigenvalue weighted by molar-refractivity contribution is 0.518. The third kappa shape index (κ3) is 4.22. The van der Waals surface area contributed by atoms with E-state index in [0.717, 1.165) is 6.32 Å². The van der Waals surface area contributed by atoms with Gasteiger partial charge in [-0.25, -0.2) is 0 Å². The minimum absolute atomic E-state index is 0.520. The Labute approximate surface area is 71.0 Å². The predicted octanol–water partition coefficient (Wildman–Crippen LogP) is 1.17. The van der Waals surface area contributed by atoms with Crippen LogP contribution in [0.1, 0.15) is 6.92 Å². The van der Waals surface area contributed by atoms with Crippen LogP contribution in [-0.4, -0.2) is 44.8 Å². The molecule has 0 saturated carbocycles. The summed E-state index contributed by atoms with van der Waals surface area (Å²) in [5.74, 6) is 0. The highest BCUT2D eigenvalue weighted by Gasteiger charge is 2.17. The average molecular weight is 154 g/mol. The molecule has 0 radical (unpaired) electrons. The molecular weight excluding hydrogens is 135 g/mol. The molecule has 2 nitrogen and oxygen atoms in total. The first-order valence-electron chi connectivity index (χ1n) is 4.03. The van der Waals surface area contributed by atoms with Gasteiger partial charge in [0.25, 0.3) is 0 Å². The summed E-state index contributed by atoms with van der Waals surface area (Å²) >= 11 is 0. The van der Waals surface area contributed by atoms with Gasteiger partial charge < -0.3 is 9.62 Å². The van der Waals surface area contributed by atoms with Gasteiger partial charge in [-0.15, -0.1) is 0 Å². The smallest absolute Gasteiger partial charge is 0.313 e. The van der Waals surface area contributed by atoms with Gasteiger partial charge in [-0.3, -0.25) is 0 Å². The second-order valence-corrected chi connectivity index (χ2v) is 3.21. The number of rotatable bonds is 4. The molecule has 0 amide bonds. The fourth-order valence-corrected chi connectivity index (χ4v) is 1.14. The van der Waals surface area contributed by atoms with Crippen molar-refractivity contribution < 1.29 is 0 Å². The quantitative estimate of drug-likeness (QED) is 0.443. The largest absolute Gasteiger partial charge is 0.334 e. The molecule has 0 aromatic heterocycles. The highest BCUT2D eigenvalue weighted by Crippen LogP contribution is 1.99. The molecule has 0 aromatic carbocycles. The Morgan fingerprint density at radius 1 is 1.09 bits per heavy atom. The molecule has 3 heteroatoms. The summed E-state index contributed by atoms with van der Waals surface area (Å²) in [4.78, 5) is 4.44. The maximum Gasteiger partial charge on any atom is 0.313 e. The van der Waals surface area contributed by atoms with Crippen molar-refractivity contribution in [3.8, 4) is 0 Å². The Morgan fingerprint density at radius 2 is 1.55 bits per heavy atom. The van der Waals surface area contributed by atoms with Gasteiger partial charge in [0.05, 0.1) is 0 Å². The highest BCUT2D eigenvalue weighted by molar-refractivity contribution is 6.52. The molecule has 0 bridgehead atoms. The van der Waals surface area contributed by atoms with E-state index in [1.54, 1.807) is 0 Å². The summed E-state index contributed by atoms with van der Waals surface area (Å²) in [5, 5.41) is 0. The molecule has 0 N–H and O–H groups in total. The predicted molar refractivity (Wildman–Crippen MR) is 52.7 cm³/mol. The second kappa shape index (κ2) is 5.39. The maximum absolute atomic E-state index is 2.22. The summed E-state index contributed by atoms with van der Waals surface area (Å²) < 4.78 is 0. The normalized spacial score (nSPS) is 11.9. The van der Waals surface area contributed by atoms with E-state index in [0.29, 0.717) is 6.98 Å². The van der Waals surface area contributed by atoms with Gasteiger partial charge in [-0.05, 0) is 41.4 Å². The van der Waals surface area contributed by atoms with Crippen molar-refractivity contribution in [3.63, 3.8) is 0 Å². The van der Waals surface area contributed by atoms with E-state index in [1.807, 2.05) is 0 Å². The van der Waals surface area contributed by atoms with Gasteiger partial charge in [-0.2, -0.15) is 0 Å². The molecule has 0 saturated heterocycles. The minimum atomic E-state index is 0.520. The summed E-state index contributed by atoms with van der Waals surface area (Å²) in [7, 11) is 8.42. The summed E-state index contributed by atoms with van der Waals surface area (Å²) in [6, 6.07) is 0. The first-order valence-corrected chi connectivity index (χ1v) is 4.03. The molecule has 11 heavy (non-hydrogen) atoms. The monoisotopic (exact) mass is 154 g/mol. The van der Waals surface area contributed by atoms with Gasteiger partial charge in [0.1, 0.15) is 0 Å². The molecule has 0 unspecified atom stereocenters.